The molecule has 10 nitrogen and oxygen atoms in total. The molecule has 0 radical (unpaired) electrons. The summed E-state index contributed by atoms with van der Waals surface area (Å²) in [5.41, 5.74) is 0.969. The van der Waals surface area contributed by atoms with Gasteiger partial charge < -0.3 is 24.0 Å². The van der Waals surface area contributed by atoms with Crippen molar-refractivity contribution in [3.8, 4) is 11.7 Å². The second-order valence-electron chi connectivity index (χ2n) is 9.44. The van der Waals surface area contributed by atoms with Crippen LogP contribution in [-0.4, -0.2) is 88.5 Å². The molecule has 1 aromatic carbocycles. The van der Waals surface area contributed by atoms with Crippen LogP contribution < -0.4 is 9.64 Å². The first-order chi connectivity index (χ1) is 18.0. The van der Waals surface area contributed by atoms with Crippen LogP contribution in [0.3, 0.4) is 0 Å². The maximum absolute atomic E-state index is 14.0. The van der Waals surface area contributed by atoms with E-state index in [1.54, 1.807) is 35.2 Å². The minimum absolute atomic E-state index is 0.00186. The van der Waals surface area contributed by atoms with Gasteiger partial charge in [0, 0.05) is 25.8 Å². The Morgan fingerprint density at radius 1 is 1.11 bits per heavy atom. The molecule has 3 aliphatic heterocycles. The van der Waals surface area contributed by atoms with Crippen molar-refractivity contribution < 1.29 is 27.8 Å². The topological polar surface area (TPSA) is 94.8 Å². The number of hydrogen-bond donors (Lipinski definition) is 0. The standard InChI is InChI=1S/C25H28F2N6O4/c26-23(27)24-28-18-5-1-2-6-19(18)33(24)20-13-21(30-25(29-20)31-7-10-35-11-8-31)37-17-14-32(15-17)22(34)12-16-4-3-9-36-16/h1-2,5-6,13,16-17,23H,3-4,7-12,14-15H2. The van der Waals surface area contributed by atoms with Crippen LogP contribution in [0.5, 0.6) is 5.88 Å². The van der Waals surface area contributed by atoms with Crippen molar-refractivity contribution in [2.45, 2.75) is 37.9 Å². The molecular formula is C25H28F2N6O4. The maximum Gasteiger partial charge on any atom is 0.296 e. The van der Waals surface area contributed by atoms with Crippen molar-refractivity contribution in [1.82, 2.24) is 24.4 Å². The Bertz CT molecular complexity index is 1270. The van der Waals surface area contributed by atoms with Crippen LogP contribution in [0.4, 0.5) is 14.7 Å². The normalized spacial score (nSPS) is 20.6. The van der Waals surface area contributed by atoms with Crippen LogP contribution in [-0.2, 0) is 14.3 Å². The first kappa shape index (κ1) is 24.0. The smallest absolute Gasteiger partial charge is 0.296 e. The highest BCUT2D eigenvalue weighted by molar-refractivity contribution is 5.78. The van der Waals surface area contributed by atoms with Crippen molar-refractivity contribution in [2.75, 3.05) is 50.9 Å². The molecule has 3 aliphatic rings. The number of morpholine rings is 1. The molecule has 0 bridgehead atoms. The fourth-order valence-corrected chi connectivity index (χ4v) is 4.93. The van der Waals surface area contributed by atoms with Gasteiger partial charge in [-0.1, -0.05) is 12.1 Å². The van der Waals surface area contributed by atoms with Gasteiger partial charge in [-0.2, -0.15) is 9.97 Å². The first-order valence-corrected chi connectivity index (χ1v) is 12.6. The summed E-state index contributed by atoms with van der Waals surface area (Å²) in [7, 11) is 0. The number of amides is 1. The number of fused-ring (bicyclic) bond motifs is 1. The second kappa shape index (κ2) is 10.2. The molecule has 1 amide bonds. The summed E-state index contributed by atoms with van der Waals surface area (Å²) >= 11 is 0. The van der Waals surface area contributed by atoms with Crippen molar-refractivity contribution in [3.63, 3.8) is 0 Å². The second-order valence-corrected chi connectivity index (χ2v) is 9.44. The van der Waals surface area contributed by atoms with E-state index in [0.717, 1.165) is 12.8 Å². The van der Waals surface area contributed by atoms with Gasteiger partial charge in [0.15, 0.2) is 5.82 Å². The van der Waals surface area contributed by atoms with Gasteiger partial charge in [-0.05, 0) is 25.0 Å². The van der Waals surface area contributed by atoms with E-state index in [1.165, 1.54) is 4.57 Å². The zero-order chi connectivity index (χ0) is 25.4. The number of likely N-dealkylation sites (tertiary alicyclic amines) is 1. The minimum Gasteiger partial charge on any atom is -0.470 e. The summed E-state index contributed by atoms with van der Waals surface area (Å²) in [4.78, 5) is 29.6. The molecule has 1 unspecified atom stereocenters. The Morgan fingerprint density at radius 3 is 2.68 bits per heavy atom. The van der Waals surface area contributed by atoms with Crippen molar-refractivity contribution in [1.29, 1.82) is 0 Å². The van der Waals surface area contributed by atoms with E-state index in [1.807, 2.05) is 4.90 Å². The van der Waals surface area contributed by atoms with Crippen molar-refractivity contribution >= 4 is 22.9 Å². The van der Waals surface area contributed by atoms with Gasteiger partial charge >= 0.3 is 0 Å². The van der Waals surface area contributed by atoms with Crippen LogP contribution in [0.15, 0.2) is 30.3 Å². The average molecular weight is 515 g/mol. The number of halogens is 2. The molecule has 196 valence electrons. The van der Waals surface area contributed by atoms with Gasteiger partial charge in [0.25, 0.3) is 6.43 Å². The third-order valence-electron chi connectivity index (χ3n) is 6.90. The van der Waals surface area contributed by atoms with Crippen molar-refractivity contribution in [2.24, 2.45) is 0 Å². The number of nitrogens with zero attached hydrogens (tertiary/aromatic N) is 6. The lowest BCUT2D eigenvalue weighted by Gasteiger charge is -2.39. The summed E-state index contributed by atoms with van der Waals surface area (Å²) < 4.78 is 46.5. The lowest BCUT2D eigenvalue weighted by Crippen LogP contribution is -2.56. The van der Waals surface area contributed by atoms with Crippen LogP contribution in [0.2, 0.25) is 0 Å². The van der Waals surface area contributed by atoms with E-state index in [9.17, 15) is 13.6 Å². The molecule has 3 saturated heterocycles. The number of hydrogen-bond acceptors (Lipinski definition) is 8. The molecule has 5 heterocycles. The molecule has 6 rings (SSSR count). The molecule has 0 aliphatic carbocycles. The fraction of sp³-hybridized carbons (Fsp3) is 0.520. The van der Waals surface area contributed by atoms with E-state index < -0.39 is 12.2 Å². The minimum atomic E-state index is -2.80. The first-order valence-electron chi connectivity index (χ1n) is 12.6. The lowest BCUT2D eigenvalue weighted by atomic mass is 10.1. The van der Waals surface area contributed by atoms with Gasteiger partial charge in [-0.25, -0.2) is 13.8 Å². The SMILES string of the molecule is O=C(CC1CCCO1)N1CC(Oc2cc(-n3c(C(F)F)nc4ccccc43)nc(N3CCOCC3)n2)C1. The molecule has 12 heteroatoms. The number of carbonyl (C=O) groups is 1. The molecular weight excluding hydrogens is 486 g/mol. The van der Waals surface area contributed by atoms with E-state index >= 15 is 0 Å². The Labute approximate surface area is 212 Å². The Kier molecular flexibility index (Phi) is 6.59. The Hall–Kier alpha value is -3.38. The summed E-state index contributed by atoms with van der Waals surface area (Å²) in [6.07, 6.45) is -0.754. The van der Waals surface area contributed by atoms with Gasteiger partial charge in [0.05, 0.1) is 49.9 Å². The third-order valence-corrected chi connectivity index (χ3v) is 6.90. The summed E-state index contributed by atoms with van der Waals surface area (Å²) in [6, 6.07) is 8.50. The molecule has 0 N–H and O–H groups in total. The molecule has 37 heavy (non-hydrogen) atoms. The number of rotatable bonds is 7. The summed E-state index contributed by atoms with van der Waals surface area (Å²) in [5, 5.41) is 0. The number of alkyl halides is 2. The van der Waals surface area contributed by atoms with Gasteiger partial charge in [0.1, 0.15) is 11.9 Å². The average Bonchev–Trinajstić information content (AvgIpc) is 3.54. The molecule has 3 fully saturated rings. The molecule has 3 aromatic rings. The largest absolute Gasteiger partial charge is 0.470 e. The molecule has 2 aromatic heterocycles. The number of aromatic nitrogens is 4. The van der Waals surface area contributed by atoms with Crippen LogP contribution in [0.25, 0.3) is 16.9 Å². The zero-order valence-electron chi connectivity index (χ0n) is 20.3. The molecule has 0 saturated carbocycles. The Balaban J connectivity index is 1.27. The van der Waals surface area contributed by atoms with E-state index in [-0.39, 0.29) is 29.8 Å². The van der Waals surface area contributed by atoms with Gasteiger partial charge in [-0.15, -0.1) is 0 Å². The van der Waals surface area contributed by atoms with Gasteiger partial charge in [-0.3, -0.25) is 9.36 Å². The summed E-state index contributed by atoms with van der Waals surface area (Å²) in [5.74, 6) is 0.546. The molecule has 0 spiro atoms. The highest BCUT2D eigenvalue weighted by Gasteiger charge is 2.34. The number of ether oxygens (including phenoxy) is 3. The van der Waals surface area contributed by atoms with Crippen LogP contribution in [0.1, 0.15) is 31.5 Å². The monoisotopic (exact) mass is 514 g/mol. The fourth-order valence-electron chi connectivity index (χ4n) is 4.93. The zero-order valence-corrected chi connectivity index (χ0v) is 20.3. The van der Waals surface area contributed by atoms with E-state index in [2.05, 4.69) is 15.0 Å². The van der Waals surface area contributed by atoms with Crippen LogP contribution in [0, 0.1) is 0 Å². The number of anilines is 1. The number of carbonyl (C=O) groups excluding carboxylic acids is 1. The van der Waals surface area contributed by atoms with Crippen molar-refractivity contribution in [3.05, 3.63) is 36.2 Å². The third kappa shape index (κ3) is 4.95. The Morgan fingerprint density at radius 2 is 1.92 bits per heavy atom. The number of imidazole rings is 1. The summed E-state index contributed by atoms with van der Waals surface area (Å²) in [6.45, 7) is 3.77. The highest BCUT2D eigenvalue weighted by Crippen LogP contribution is 2.30. The van der Waals surface area contributed by atoms with Gasteiger partial charge in [0.2, 0.25) is 17.7 Å². The quantitative estimate of drug-likeness (QED) is 0.475. The molecule has 1 atom stereocenters. The van der Waals surface area contributed by atoms with Crippen LogP contribution >= 0.6 is 0 Å². The van der Waals surface area contributed by atoms with E-state index in [0.29, 0.717) is 69.4 Å². The number of para-hydroxylation sites is 2. The number of benzene rings is 1. The maximum atomic E-state index is 14.0. The lowest BCUT2D eigenvalue weighted by molar-refractivity contribution is -0.142. The predicted molar refractivity (Wildman–Crippen MR) is 129 cm³/mol. The predicted octanol–water partition coefficient (Wildman–Crippen LogP) is 2.75. The highest BCUT2D eigenvalue weighted by atomic mass is 19.3. The van der Waals surface area contributed by atoms with E-state index in [4.69, 9.17) is 14.2 Å².